The number of aromatic amines is 1. The van der Waals surface area contributed by atoms with E-state index in [9.17, 15) is 14.4 Å². The summed E-state index contributed by atoms with van der Waals surface area (Å²) in [6, 6.07) is 2.68. The summed E-state index contributed by atoms with van der Waals surface area (Å²) in [5, 5.41) is 2.55. The van der Waals surface area contributed by atoms with Gasteiger partial charge in [0.1, 0.15) is 6.61 Å². The molecule has 92 valence electrons. The first-order chi connectivity index (χ1) is 8.09. The van der Waals surface area contributed by atoms with Crippen molar-refractivity contribution in [2.24, 2.45) is 5.73 Å². The molecule has 0 aromatic carbocycles. The van der Waals surface area contributed by atoms with Gasteiger partial charge in [-0.3, -0.25) is 14.4 Å². The molecule has 0 aliphatic carbocycles. The Morgan fingerprint density at radius 3 is 2.76 bits per heavy atom. The number of carbonyl (C=O) groups excluding carboxylic acids is 2. The van der Waals surface area contributed by atoms with Gasteiger partial charge in [0.2, 0.25) is 11.5 Å². The molecule has 0 aliphatic heterocycles. The van der Waals surface area contributed by atoms with E-state index < -0.39 is 5.91 Å². The van der Waals surface area contributed by atoms with E-state index >= 15 is 0 Å². The van der Waals surface area contributed by atoms with Crippen LogP contribution in [-0.4, -0.2) is 36.6 Å². The first kappa shape index (κ1) is 12.9. The topological polar surface area (TPSA) is 114 Å². The van der Waals surface area contributed by atoms with E-state index in [0.717, 1.165) is 0 Å². The third kappa shape index (κ3) is 4.94. The molecular weight excluding hydrogens is 226 g/mol. The van der Waals surface area contributed by atoms with Crippen LogP contribution in [0.3, 0.4) is 0 Å². The van der Waals surface area contributed by atoms with Gasteiger partial charge in [-0.05, 0) is 6.07 Å². The molecule has 0 bridgehead atoms. The third-order valence-corrected chi connectivity index (χ3v) is 1.82. The van der Waals surface area contributed by atoms with Gasteiger partial charge in [-0.1, -0.05) is 0 Å². The maximum Gasteiger partial charge on any atom is 0.252 e. The Balaban J connectivity index is 2.28. The molecule has 17 heavy (non-hydrogen) atoms. The normalized spacial score (nSPS) is 9.88. The first-order valence-corrected chi connectivity index (χ1v) is 4.92. The molecule has 0 aliphatic rings. The quantitative estimate of drug-likeness (QED) is 0.530. The number of H-pyrrole nitrogens is 1. The molecule has 1 aromatic rings. The van der Waals surface area contributed by atoms with Crippen LogP contribution < -0.4 is 16.6 Å². The summed E-state index contributed by atoms with van der Waals surface area (Å²) in [5.74, 6) is -0.888. The second kappa shape index (κ2) is 6.44. The molecule has 0 saturated heterocycles. The highest BCUT2D eigenvalue weighted by atomic mass is 16.5. The SMILES string of the molecule is NC(=O)COCCNC(=O)c1ccc(=O)[nH]c1. The molecule has 4 N–H and O–H groups in total. The van der Waals surface area contributed by atoms with E-state index in [2.05, 4.69) is 10.3 Å². The number of nitrogens with two attached hydrogens (primary N) is 1. The number of amides is 2. The minimum absolute atomic E-state index is 0.172. The van der Waals surface area contributed by atoms with E-state index in [4.69, 9.17) is 10.5 Å². The zero-order valence-corrected chi connectivity index (χ0v) is 9.06. The molecule has 7 heteroatoms. The number of hydrogen-bond acceptors (Lipinski definition) is 4. The summed E-state index contributed by atoms with van der Waals surface area (Å²) < 4.78 is 4.85. The van der Waals surface area contributed by atoms with Gasteiger partial charge in [0.05, 0.1) is 12.2 Å². The van der Waals surface area contributed by atoms with Crippen molar-refractivity contribution in [1.29, 1.82) is 0 Å². The summed E-state index contributed by atoms with van der Waals surface area (Å²) in [4.78, 5) is 34.9. The molecular formula is C10H13N3O4. The van der Waals surface area contributed by atoms with Gasteiger partial charge in [-0.2, -0.15) is 0 Å². The summed E-state index contributed by atoms with van der Waals surface area (Å²) in [6.07, 6.45) is 1.32. The van der Waals surface area contributed by atoms with E-state index in [0.29, 0.717) is 5.56 Å². The third-order valence-electron chi connectivity index (χ3n) is 1.82. The van der Waals surface area contributed by atoms with Gasteiger partial charge >= 0.3 is 0 Å². The average Bonchev–Trinajstić information content (AvgIpc) is 2.29. The first-order valence-electron chi connectivity index (χ1n) is 4.92. The lowest BCUT2D eigenvalue weighted by Gasteiger charge is -2.04. The Bertz CT molecular complexity index is 435. The number of nitrogens with one attached hydrogen (secondary N) is 2. The van der Waals surface area contributed by atoms with E-state index in [1.807, 2.05) is 0 Å². The Morgan fingerprint density at radius 1 is 1.41 bits per heavy atom. The van der Waals surface area contributed by atoms with Crippen LogP contribution in [0.4, 0.5) is 0 Å². The molecule has 2 amide bonds. The zero-order valence-electron chi connectivity index (χ0n) is 9.06. The average molecular weight is 239 g/mol. The van der Waals surface area contributed by atoms with Crippen molar-refractivity contribution >= 4 is 11.8 Å². The standard InChI is InChI=1S/C10H13N3O4/c11-8(14)6-17-4-3-12-10(16)7-1-2-9(15)13-5-7/h1-2,5H,3-4,6H2,(H2,11,14)(H,12,16)(H,13,15). The molecule has 0 saturated carbocycles. The lowest BCUT2D eigenvalue weighted by atomic mass is 10.3. The highest BCUT2D eigenvalue weighted by Crippen LogP contribution is 1.91. The second-order valence-electron chi connectivity index (χ2n) is 3.22. The number of rotatable bonds is 6. The minimum Gasteiger partial charge on any atom is -0.370 e. The highest BCUT2D eigenvalue weighted by Gasteiger charge is 2.04. The lowest BCUT2D eigenvalue weighted by molar-refractivity contribution is -0.122. The largest absolute Gasteiger partial charge is 0.370 e. The monoisotopic (exact) mass is 239 g/mol. The number of ether oxygens (including phenoxy) is 1. The maximum atomic E-state index is 11.5. The van der Waals surface area contributed by atoms with Crippen molar-refractivity contribution in [1.82, 2.24) is 10.3 Å². The van der Waals surface area contributed by atoms with Gasteiger partial charge < -0.3 is 20.8 Å². The van der Waals surface area contributed by atoms with Gasteiger partial charge in [0.25, 0.3) is 5.91 Å². The van der Waals surface area contributed by atoms with Crippen LogP contribution in [0.15, 0.2) is 23.1 Å². The second-order valence-corrected chi connectivity index (χ2v) is 3.22. The fourth-order valence-electron chi connectivity index (χ4n) is 1.06. The van der Waals surface area contributed by atoms with Crippen LogP contribution in [-0.2, 0) is 9.53 Å². The molecule has 0 spiro atoms. The number of hydrogen-bond donors (Lipinski definition) is 3. The van der Waals surface area contributed by atoms with E-state index in [1.165, 1.54) is 18.3 Å². The minimum atomic E-state index is -0.558. The lowest BCUT2D eigenvalue weighted by Crippen LogP contribution is -2.29. The Kier molecular flexibility index (Phi) is 4.89. The van der Waals surface area contributed by atoms with Gasteiger partial charge in [-0.15, -0.1) is 0 Å². The highest BCUT2D eigenvalue weighted by molar-refractivity contribution is 5.93. The van der Waals surface area contributed by atoms with Crippen molar-refractivity contribution in [3.63, 3.8) is 0 Å². The number of pyridine rings is 1. The Labute approximate surface area is 97.0 Å². The molecule has 1 aromatic heterocycles. The van der Waals surface area contributed by atoms with E-state index in [-0.39, 0.29) is 31.2 Å². The molecule has 7 nitrogen and oxygen atoms in total. The summed E-state index contributed by atoms with van der Waals surface area (Å²) in [5.41, 5.74) is 4.93. The van der Waals surface area contributed by atoms with Crippen LogP contribution in [0.25, 0.3) is 0 Å². The Hall–Kier alpha value is -2.15. The van der Waals surface area contributed by atoms with Gasteiger partial charge in [-0.25, -0.2) is 0 Å². The number of aromatic nitrogens is 1. The molecule has 0 fully saturated rings. The fraction of sp³-hybridized carbons (Fsp3) is 0.300. The van der Waals surface area contributed by atoms with Crippen molar-refractivity contribution in [2.45, 2.75) is 0 Å². The van der Waals surface area contributed by atoms with Crippen molar-refractivity contribution < 1.29 is 14.3 Å². The van der Waals surface area contributed by atoms with Crippen LogP contribution in [0.1, 0.15) is 10.4 Å². The molecule has 0 unspecified atom stereocenters. The molecule has 0 atom stereocenters. The van der Waals surface area contributed by atoms with Crippen LogP contribution >= 0.6 is 0 Å². The fourth-order valence-corrected chi connectivity index (χ4v) is 1.06. The van der Waals surface area contributed by atoms with Gasteiger partial charge in [0.15, 0.2) is 0 Å². The smallest absolute Gasteiger partial charge is 0.252 e. The maximum absolute atomic E-state index is 11.5. The van der Waals surface area contributed by atoms with Crippen molar-refractivity contribution in [3.05, 3.63) is 34.2 Å². The van der Waals surface area contributed by atoms with Crippen molar-refractivity contribution in [3.8, 4) is 0 Å². The molecule has 0 radical (unpaired) electrons. The predicted molar refractivity (Wildman–Crippen MR) is 59.4 cm³/mol. The van der Waals surface area contributed by atoms with Gasteiger partial charge in [0, 0.05) is 18.8 Å². The van der Waals surface area contributed by atoms with Crippen LogP contribution in [0.2, 0.25) is 0 Å². The zero-order chi connectivity index (χ0) is 12.7. The summed E-state index contributed by atoms with van der Waals surface area (Å²) in [6.45, 7) is 0.276. The molecule has 1 rings (SSSR count). The Morgan fingerprint density at radius 2 is 2.18 bits per heavy atom. The molecule has 1 heterocycles. The summed E-state index contributed by atoms with van der Waals surface area (Å²) in [7, 11) is 0. The number of carbonyl (C=O) groups is 2. The van der Waals surface area contributed by atoms with Crippen LogP contribution in [0, 0.1) is 0 Å². The summed E-state index contributed by atoms with van der Waals surface area (Å²) >= 11 is 0. The predicted octanol–water partition coefficient (Wildman–Crippen LogP) is -1.39. The van der Waals surface area contributed by atoms with E-state index in [1.54, 1.807) is 0 Å². The van der Waals surface area contributed by atoms with Crippen molar-refractivity contribution in [2.75, 3.05) is 19.8 Å². The number of primary amides is 1. The van der Waals surface area contributed by atoms with Crippen LogP contribution in [0.5, 0.6) is 0 Å².